The summed E-state index contributed by atoms with van der Waals surface area (Å²) in [5.74, 6) is -0.274. The molecule has 0 atom stereocenters. The first-order valence-electron chi connectivity index (χ1n) is 6.05. The summed E-state index contributed by atoms with van der Waals surface area (Å²) in [5, 5.41) is 5.20. The van der Waals surface area contributed by atoms with E-state index in [9.17, 15) is 18.0 Å². The molecular weight excluding hydrogens is 317 g/mol. The molecule has 0 aliphatic carbocycles. The third kappa shape index (κ3) is 4.35. The lowest BCUT2D eigenvalue weighted by Crippen LogP contribution is -2.15. The van der Waals surface area contributed by atoms with Crippen molar-refractivity contribution >= 4 is 29.2 Å². The van der Waals surface area contributed by atoms with Gasteiger partial charge in [0.2, 0.25) is 0 Å². The van der Waals surface area contributed by atoms with Gasteiger partial charge in [0, 0.05) is 24.3 Å². The molecule has 116 valence electrons. The maximum absolute atomic E-state index is 12.4. The van der Waals surface area contributed by atoms with Gasteiger partial charge in [0.1, 0.15) is 11.5 Å². The number of carbonyl (C=O) groups excluding carboxylic acids is 1. The Morgan fingerprint density at radius 3 is 2.64 bits per heavy atom. The van der Waals surface area contributed by atoms with Crippen molar-refractivity contribution in [1.29, 1.82) is 0 Å². The van der Waals surface area contributed by atoms with Crippen LogP contribution >= 0.6 is 11.8 Å². The number of thioether (sulfide) groups is 1. The Morgan fingerprint density at radius 1 is 1.27 bits per heavy atom. The topological polar surface area (TPSA) is 66.9 Å². The molecular formula is C13H11F3N4OS. The third-order valence-electron chi connectivity index (χ3n) is 2.48. The van der Waals surface area contributed by atoms with Gasteiger partial charge in [0.05, 0.1) is 5.69 Å². The highest BCUT2D eigenvalue weighted by Gasteiger charge is 2.29. The van der Waals surface area contributed by atoms with E-state index in [-0.39, 0.29) is 33.9 Å². The minimum Gasteiger partial charge on any atom is -0.371 e. The number of carbonyl (C=O) groups is 1. The molecule has 2 heterocycles. The molecule has 0 saturated heterocycles. The smallest absolute Gasteiger partial charge is 0.371 e. The van der Waals surface area contributed by atoms with Crippen LogP contribution in [0.1, 0.15) is 10.5 Å². The number of pyridine rings is 2. The Morgan fingerprint density at radius 2 is 2.05 bits per heavy atom. The first-order valence-corrected chi connectivity index (χ1v) is 6.86. The zero-order valence-electron chi connectivity index (χ0n) is 11.3. The molecule has 0 unspecified atom stereocenters. The molecule has 0 spiro atoms. The summed E-state index contributed by atoms with van der Waals surface area (Å²) >= 11 is -0.300. The molecule has 0 aliphatic heterocycles. The number of hydrogen-bond donors (Lipinski definition) is 2. The lowest BCUT2D eigenvalue weighted by Gasteiger charge is -2.12. The predicted molar refractivity (Wildman–Crippen MR) is 77.9 cm³/mol. The lowest BCUT2D eigenvalue weighted by molar-refractivity contribution is -0.0328. The normalized spacial score (nSPS) is 11.1. The van der Waals surface area contributed by atoms with Gasteiger partial charge in [0.15, 0.2) is 0 Å². The van der Waals surface area contributed by atoms with Crippen LogP contribution in [0, 0.1) is 0 Å². The average Bonchev–Trinajstić information content (AvgIpc) is 2.47. The standard InChI is InChI=1S/C13H11F3N4OS/c1-17-11-10(6-8(7-19-11)22-13(14,15)16)20-12(21)9-4-2-3-5-18-9/h2-7H,1H3,(H,17,19)(H,20,21). The Bertz CT molecular complexity index is 664. The van der Waals surface area contributed by atoms with E-state index in [1.807, 2.05) is 0 Å². The molecule has 0 fully saturated rings. The van der Waals surface area contributed by atoms with Gasteiger partial charge in [-0.15, -0.1) is 0 Å². The molecule has 0 bridgehead atoms. The molecule has 2 aromatic rings. The molecule has 0 aromatic carbocycles. The van der Waals surface area contributed by atoms with Crippen LogP contribution in [0.5, 0.6) is 0 Å². The van der Waals surface area contributed by atoms with Crippen molar-refractivity contribution in [1.82, 2.24) is 9.97 Å². The third-order valence-corrected chi connectivity index (χ3v) is 3.17. The summed E-state index contributed by atoms with van der Waals surface area (Å²) < 4.78 is 37.2. The fraction of sp³-hybridized carbons (Fsp3) is 0.154. The number of rotatable bonds is 4. The van der Waals surface area contributed by atoms with Crippen molar-refractivity contribution in [3.05, 3.63) is 42.4 Å². The minimum atomic E-state index is -4.43. The molecule has 0 saturated carbocycles. The largest absolute Gasteiger partial charge is 0.446 e. The van der Waals surface area contributed by atoms with Gasteiger partial charge in [0.25, 0.3) is 5.91 Å². The van der Waals surface area contributed by atoms with Gasteiger partial charge < -0.3 is 10.6 Å². The van der Waals surface area contributed by atoms with E-state index in [1.165, 1.54) is 18.3 Å². The van der Waals surface area contributed by atoms with E-state index < -0.39 is 11.4 Å². The van der Waals surface area contributed by atoms with Crippen LogP contribution in [0.2, 0.25) is 0 Å². The zero-order valence-corrected chi connectivity index (χ0v) is 12.1. The van der Waals surface area contributed by atoms with Crippen molar-refractivity contribution in [2.75, 3.05) is 17.7 Å². The van der Waals surface area contributed by atoms with Crippen LogP contribution in [0.25, 0.3) is 0 Å². The summed E-state index contributed by atoms with van der Waals surface area (Å²) in [4.78, 5) is 19.6. The van der Waals surface area contributed by atoms with Gasteiger partial charge in [-0.2, -0.15) is 13.2 Å². The van der Waals surface area contributed by atoms with E-state index in [4.69, 9.17) is 0 Å². The number of anilines is 2. The second-order valence-corrected chi connectivity index (χ2v) is 5.17. The van der Waals surface area contributed by atoms with Crippen LogP contribution in [-0.2, 0) is 0 Å². The first kappa shape index (κ1) is 16.1. The van der Waals surface area contributed by atoms with Crippen LogP contribution in [0.15, 0.2) is 41.6 Å². The Kier molecular flexibility index (Phi) is 4.86. The molecule has 0 radical (unpaired) electrons. The van der Waals surface area contributed by atoms with E-state index >= 15 is 0 Å². The average molecular weight is 328 g/mol. The van der Waals surface area contributed by atoms with Crippen LogP contribution < -0.4 is 10.6 Å². The highest BCUT2D eigenvalue weighted by molar-refractivity contribution is 8.00. The van der Waals surface area contributed by atoms with Gasteiger partial charge in [-0.25, -0.2) is 4.98 Å². The Hall–Kier alpha value is -2.29. The number of nitrogens with one attached hydrogen (secondary N) is 2. The minimum absolute atomic E-state index is 0.122. The molecule has 9 heteroatoms. The molecule has 0 aliphatic rings. The van der Waals surface area contributed by atoms with Gasteiger partial charge >= 0.3 is 5.51 Å². The van der Waals surface area contributed by atoms with E-state index in [1.54, 1.807) is 19.2 Å². The zero-order chi connectivity index (χ0) is 16.2. The molecule has 2 aromatic heterocycles. The molecule has 22 heavy (non-hydrogen) atoms. The van der Waals surface area contributed by atoms with Crippen LogP contribution in [0.3, 0.4) is 0 Å². The van der Waals surface area contributed by atoms with E-state index in [0.29, 0.717) is 0 Å². The Labute approximate surface area is 128 Å². The maximum Gasteiger partial charge on any atom is 0.446 e. The van der Waals surface area contributed by atoms with Crippen molar-refractivity contribution in [2.24, 2.45) is 0 Å². The first-order chi connectivity index (χ1) is 10.4. The number of nitrogens with zero attached hydrogens (tertiary/aromatic N) is 2. The summed E-state index contributed by atoms with van der Waals surface area (Å²) in [7, 11) is 1.55. The maximum atomic E-state index is 12.4. The van der Waals surface area contributed by atoms with Crippen LogP contribution in [0.4, 0.5) is 24.7 Å². The monoisotopic (exact) mass is 328 g/mol. The fourth-order valence-electron chi connectivity index (χ4n) is 1.61. The summed E-state index contributed by atoms with van der Waals surface area (Å²) in [6.07, 6.45) is 2.53. The summed E-state index contributed by atoms with van der Waals surface area (Å²) in [6, 6.07) is 5.99. The van der Waals surface area contributed by atoms with E-state index in [0.717, 1.165) is 6.20 Å². The van der Waals surface area contributed by atoms with E-state index in [2.05, 4.69) is 20.6 Å². The highest BCUT2D eigenvalue weighted by atomic mass is 32.2. The number of aromatic nitrogens is 2. The summed E-state index contributed by atoms with van der Waals surface area (Å²) in [6.45, 7) is 0. The molecule has 5 nitrogen and oxygen atoms in total. The Balaban J connectivity index is 2.25. The SMILES string of the molecule is CNc1ncc(SC(F)(F)F)cc1NC(=O)c1ccccn1. The van der Waals surface area contributed by atoms with Crippen molar-refractivity contribution in [2.45, 2.75) is 10.4 Å². The highest BCUT2D eigenvalue weighted by Crippen LogP contribution is 2.38. The number of halogens is 3. The van der Waals surface area contributed by atoms with Crippen molar-refractivity contribution in [3.8, 4) is 0 Å². The quantitative estimate of drug-likeness (QED) is 0.842. The lowest BCUT2D eigenvalue weighted by atomic mass is 10.3. The van der Waals surface area contributed by atoms with Crippen LogP contribution in [-0.4, -0.2) is 28.4 Å². The van der Waals surface area contributed by atoms with Gasteiger partial charge in [-0.1, -0.05) is 6.07 Å². The number of hydrogen-bond acceptors (Lipinski definition) is 5. The molecule has 1 amide bonds. The molecule has 2 rings (SSSR count). The van der Waals surface area contributed by atoms with Gasteiger partial charge in [-0.3, -0.25) is 9.78 Å². The molecule has 2 N–H and O–H groups in total. The van der Waals surface area contributed by atoms with Gasteiger partial charge in [-0.05, 0) is 30.0 Å². The summed E-state index contributed by atoms with van der Waals surface area (Å²) in [5.41, 5.74) is -4.13. The second-order valence-electron chi connectivity index (χ2n) is 4.03. The van der Waals surface area contributed by atoms with Crippen molar-refractivity contribution < 1.29 is 18.0 Å². The predicted octanol–water partition coefficient (Wildman–Crippen LogP) is 3.38. The number of amides is 1. The number of alkyl halides is 3. The fourth-order valence-corrected chi connectivity index (χ4v) is 2.16. The second kappa shape index (κ2) is 6.65. The van der Waals surface area contributed by atoms with Crippen molar-refractivity contribution in [3.63, 3.8) is 0 Å².